The summed E-state index contributed by atoms with van der Waals surface area (Å²) in [6.45, 7) is 10.8. The Kier molecular flexibility index (Phi) is 23.1. The van der Waals surface area contributed by atoms with Crippen molar-refractivity contribution in [2.45, 2.75) is 79.1 Å². The van der Waals surface area contributed by atoms with E-state index in [4.69, 9.17) is 18.9 Å². The zero-order valence-electron chi connectivity index (χ0n) is 29.1. The van der Waals surface area contributed by atoms with Crippen LogP contribution in [0.15, 0.2) is 97.1 Å². The number of benzene rings is 4. The van der Waals surface area contributed by atoms with E-state index in [-0.39, 0.29) is 38.4 Å². The Morgan fingerprint density at radius 3 is 1.19 bits per heavy atom. The summed E-state index contributed by atoms with van der Waals surface area (Å²) >= 11 is 0. The van der Waals surface area contributed by atoms with E-state index in [1.54, 1.807) is 38.5 Å². The van der Waals surface area contributed by atoms with Crippen LogP contribution in [-0.2, 0) is 36.1 Å². The van der Waals surface area contributed by atoms with Crippen LogP contribution in [0, 0.1) is 12.1 Å². The van der Waals surface area contributed by atoms with Crippen molar-refractivity contribution in [1.29, 1.82) is 0 Å². The minimum absolute atomic E-state index is 0. The summed E-state index contributed by atoms with van der Waals surface area (Å²) in [5.41, 5.74) is 2.67. The van der Waals surface area contributed by atoms with Crippen molar-refractivity contribution in [3.8, 4) is 23.0 Å². The van der Waals surface area contributed by atoms with Gasteiger partial charge in [0.05, 0.1) is 14.2 Å². The van der Waals surface area contributed by atoms with Crippen LogP contribution in [-0.4, -0.2) is 26.2 Å². The first kappa shape index (κ1) is 43.1. The Labute approximate surface area is 297 Å². The molecule has 1 aliphatic carbocycles. The normalized spacial score (nSPS) is 12.0. The number of rotatable bonds is 6. The number of carbonyl (C=O) groups excluding carboxylic acids is 2. The van der Waals surface area contributed by atoms with E-state index in [0.717, 1.165) is 24.3 Å². The fraction of sp³-hybridized carbons (Fsp3) is 0.350. The van der Waals surface area contributed by atoms with Crippen LogP contribution in [0.4, 0.5) is 0 Å². The van der Waals surface area contributed by atoms with Crippen molar-refractivity contribution in [2.75, 3.05) is 14.2 Å². The van der Waals surface area contributed by atoms with Gasteiger partial charge < -0.3 is 18.9 Å². The molecule has 1 fully saturated rings. The van der Waals surface area contributed by atoms with Crippen LogP contribution in [0.2, 0.25) is 0 Å². The van der Waals surface area contributed by atoms with E-state index in [1.807, 2.05) is 76.2 Å². The van der Waals surface area contributed by atoms with Gasteiger partial charge >= 0.3 is 33.0 Å². The van der Waals surface area contributed by atoms with E-state index in [2.05, 4.69) is 36.4 Å². The molecule has 0 aliphatic heterocycles. The summed E-state index contributed by atoms with van der Waals surface area (Å²) in [6.07, 6.45) is 6.05. The van der Waals surface area contributed by atoms with Crippen molar-refractivity contribution < 1.29 is 49.6 Å². The fourth-order valence-electron chi connectivity index (χ4n) is 4.93. The zero-order chi connectivity index (χ0) is 34.2. The number of carbonyl (C=O) groups is 2. The molecule has 4 aromatic rings. The van der Waals surface area contributed by atoms with Gasteiger partial charge in [0.2, 0.25) is 0 Å². The van der Waals surface area contributed by atoms with Crippen molar-refractivity contribution >= 4 is 11.9 Å². The van der Waals surface area contributed by atoms with Crippen LogP contribution in [0.25, 0.3) is 0 Å². The molecule has 0 spiro atoms. The van der Waals surface area contributed by atoms with Gasteiger partial charge in [-0.1, -0.05) is 71.2 Å². The Morgan fingerprint density at radius 1 is 0.532 bits per heavy atom. The predicted molar refractivity (Wildman–Crippen MR) is 186 cm³/mol. The fourth-order valence-corrected chi connectivity index (χ4v) is 4.93. The molecule has 0 atom stereocenters. The second kappa shape index (κ2) is 25.2. The Morgan fingerprint density at radius 2 is 0.851 bits per heavy atom. The van der Waals surface area contributed by atoms with Crippen LogP contribution in [0.1, 0.15) is 84.8 Å². The molecule has 0 amide bonds. The van der Waals surface area contributed by atoms with Gasteiger partial charge in [-0.25, -0.2) is 0 Å². The summed E-state index contributed by atoms with van der Waals surface area (Å²) in [6, 6.07) is 36.3. The number of hydrogen-bond acceptors (Lipinski definition) is 6. The Balaban J connectivity index is 0.000000759. The predicted octanol–water partition coefficient (Wildman–Crippen LogP) is 9.83. The molecular formula is C40H50O6W. The molecule has 0 radical (unpaired) electrons. The first-order chi connectivity index (χ1) is 22.4. The van der Waals surface area contributed by atoms with E-state index < -0.39 is 0 Å². The average Bonchev–Trinajstić information content (AvgIpc) is 3.11. The summed E-state index contributed by atoms with van der Waals surface area (Å²) < 4.78 is 20.1. The molecule has 1 aliphatic rings. The third-order valence-corrected chi connectivity index (χ3v) is 6.89. The summed E-state index contributed by atoms with van der Waals surface area (Å²) in [5, 5.41) is 0. The maximum atomic E-state index is 11.1. The minimum Gasteiger partial charge on any atom is -0.522 e. The molecular weight excluding hydrogens is 760 g/mol. The van der Waals surface area contributed by atoms with Crippen molar-refractivity contribution in [1.82, 2.24) is 0 Å². The number of esters is 2. The maximum Gasteiger partial charge on any atom is 2.00 e. The number of methoxy groups -OCH3 is 2. The summed E-state index contributed by atoms with van der Waals surface area (Å²) in [7, 11) is 3.34. The quantitative estimate of drug-likeness (QED) is 0.110. The van der Waals surface area contributed by atoms with E-state index >= 15 is 0 Å². The molecule has 4 aromatic carbocycles. The van der Waals surface area contributed by atoms with E-state index in [1.165, 1.54) is 44.2 Å². The largest absolute Gasteiger partial charge is 2.00 e. The second-order valence-corrected chi connectivity index (χ2v) is 9.76. The standard InChI is InChI=1S/C21H24O3.C8H7O2.C7H7O.2C2H6.W/c1-16(22)24-20-12-8-18(9-13-20)21(14-4-3-5-15-21)17-6-10-19(23-2)11-7-17;1-7(9)10-8-5-3-2-4-6-8;1-8-7-5-3-2-4-6-7;2*1-2;/h6-13H,3-5,14-15H2,1-2H3;3-6H,1H3;3-6H,1H3;2*1-2H3;/q;2*-1;;;+2. The van der Waals surface area contributed by atoms with Gasteiger partial charge in [0.15, 0.2) is 0 Å². The van der Waals surface area contributed by atoms with E-state index in [9.17, 15) is 9.59 Å². The smallest absolute Gasteiger partial charge is 0.522 e. The van der Waals surface area contributed by atoms with Crippen LogP contribution in [0.3, 0.4) is 0 Å². The second-order valence-electron chi connectivity index (χ2n) is 9.76. The third kappa shape index (κ3) is 15.5. The zero-order valence-corrected chi connectivity index (χ0v) is 32.1. The first-order valence-corrected chi connectivity index (χ1v) is 15.9. The van der Waals surface area contributed by atoms with Gasteiger partial charge in [0, 0.05) is 30.8 Å². The van der Waals surface area contributed by atoms with Crippen LogP contribution in [0.5, 0.6) is 23.0 Å². The number of ether oxygens (including phenoxy) is 4. The molecule has 0 saturated heterocycles. The Bertz CT molecular complexity index is 1350. The molecule has 0 aromatic heterocycles. The molecule has 0 unspecified atom stereocenters. The molecule has 0 heterocycles. The molecule has 5 rings (SSSR count). The molecule has 7 heteroatoms. The molecule has 252 valence electrons. The minimum atomic E-state index is -0.300. The molecule has 0 N–H and O–H groups in total. The van der Waals surface area contributed by atoms with Gasteiger partial charge in [-0.15, -0.1) is 24.3 Å². The topological polar surface area (TPSA) is 71.1 Å². The summed E-state index contributed by atoms with van der Waals surface area (Å²) in [5.74, 6) is 2.34. The average molecular weight is 811 g/mol. The van der Waals surface area contributed by atoms with Gasteiger partial charge in [0.1, 0.15) is 11.5 Å². The van der Waals surface area contributed by atoms with Gasteiger partial charge in [0.25, 0.3) is 0 Å². The van der Waals surface area contributed by atoms with Crippen molar-refractivity contribution in [2.24, 2.45) is 0 Å². The molecule has 47 heavy (non-hydrogen) atoms. The molecule has 1 saturated carbocycles. The van der Waals surface area contributed by atoms with Crippen LogP contribution >= 0.6 is 0 Å². The molecule has 0 bridgehead atoms. The molecule has 6 nitrogen and oxygen atoms in total. The number of hydrogen-bond donors (Lipinski definition) is 0. The summed E-state index contributed by atoms with van der Waals surface area (Å²) in [4.78, 5) is 21.5. The van der Waals surface area contributed by atoms with Crippen molar-refractivity contribution in [3.63, 3.8) is 0 Å². The SMILES string of the molecule is CC.CC.CC(=O)Oc1cc[c-]cc1.COc1cc[c-]cc1.COc1ccc(C2(c3ccc(OC(C)=O)cc3)CCCCC2)cc1.[W+2]. The monoisotopic (exact) mass is 810 g/mol. The van der Waals surface area contributed by atoms with Crippen LogP contribution < -0.4 is 18.9 Å². The Hall–Kier alpha value is -3.89. The third-order valence-electron chi connectivity index (χ3n) is 6.89. The first-order valence-electron chi connectivity index (χ1n) is 15.9. The van der Waals surface area contributed by atoms with Gasteiger partial charge in [-0.2, -0.15) is 36.4 Å². The van der Waals surface area contributed by atoms with Gasteiger partial charge in [-0.05, 0) is 48.2 Å². The maximum absolute atomic E-state index is 11.1. The van der Waals surface area contributed by atoms with Gasteiger partial charge in [-0.3, -0.25) is 9.59 Å². The van der Waals surface area contributed by atoms with E-state index in [0.29, 0.717) is 11.5 Å². The van der Waals surface area contributed by atoms with Crippen molar-refractivity contribution in [3.05, 3.63) is 120 Å².